The minimum absolute atomic E-state index is 0.0803. The number of hydrogen-bond donors (Lipinski definition) is 1. The van der Waals surface area contributed by atoms with Crippen molar-refractivity contribution in [2.24, 2.45) is 0 Å². The summed E-state index contributed by atoms with van der Waals surface area (Å²) in [5.41, 5.74) is 1.51. The predicted molar refractivity (Wildman–Crippen MR) is 115 cm³/mol. The van der Waals surface area contributed by atoms with E-state index in [1.165, 1.54) is 18.4 Å². The topological polar surface area (TPSA) is 86.8 Å². The number of carbonyl (C=O) groups is 2. The van der Waals surface area contributed by atoms with Crippen LogP contribution in [0.2, 0.25) is 0 Å². The maximum Gasteiger partial charge on any atom is 0.310 e. The highest BCUT2D eigenvalue weighted by Crippen LogP contribution is 2.31. The highest BCUT2D eigenvalue weighted by Gasteiger charge is 2.18. The van der Waals surface area contributed by atoms with Crippen LogP contribution in [0, 0.1) is 0 Å². The fraction of sp³-hybridized carbons (Fsp3) is 0.227. The molecule has 1 aromatic heterocycles. The lowest BCUT2D eigenvalue weighted by Crippen LogP contribution is -2.20. The Kier molecular flexibility index (Phi) is 7.40. The number of methoxy groups -OCH3 is 1. The van der Waals surface area contributed by atoms with E-state index in [9.17, 15) is 9.59 Å². The van der Waals surface area contributed by atoms with Gasteiger partial charge in [0.1, 0.15) is 11.5 Å². The number of carbonyl (C=O) groups excluding carboxylic acids is 2. The SMILES string of the molecule is CCOc1ccc(OCC(=O)Nc2nc(-c3ccccc3)c(CC(=O)OC)s2)cc1. The summed E-state index contributed by atoms with van der Waals surface area (Å²) in [4.78, 5) is 29.3. The van der Waals surface area contributed by atoms with Crippen molar-refractivity contribution in [1.82, 2.24) is 4.98 Å². The van der Waals surface area contributed by atoms with E-state index in [0.717, 1.165) is 16.2 Å². The van der Waals surface area contributed by atoms with Gasteiger partial charge in [0.15, 0.2) is 11.7 Å². The molecule has 0 aliphatic carbocycles. The zero-order chi connectivity index (χ0) is 21.3. The Morgan fingerprint density at radius 3 is 2.30 bits per heavy atom. The Morgan fingerprint density at radius 1 is 1.00 bits per heavy atom. The van der Waals surface area contributed by atoms with Gasteiger partial charge in [-0.15, -0.1) is 11.3 Å². The molecule has 0 saturated heterocycles. The molecule has 7 nitrogen and oxygen atoms in total. The van der Waals surface area contributed by atoms with Gasteiger partial charge in [0.25, 0.3) is 5.91 Å². The number of nitrogens with zero attached hydrogens (tertiary/aromatic N) is 1. The Bertz CT molecular complexity index is 987. The van der Waals surface area contributed by atoms with Gasteiger partial charge in [-0.3, -0.25) is 14.9 Å². The third-order valence-corrected chi connectivity index (χ3v) is 5.00. The van der Waals surface area contributed by atoms with E-state index in [-0.39, 0.29) is 24.9 Å². The minimum Gasteiger partial charge on any atom is -0.494 e. The second-order valence-electron chi connectivity index (χ2n) is 6.15. The Hall–Kier alpha value is -3.39. The summed E-state index contributed by atoms with van der Waals surface area (Å²) in [6.07, 6.45) is 0.0803. The molecule has 3 aromatic rings. The first kappa shape index (κ1) is 21.3. The van der Waals surface area contributed by atoms with Crippen LogP contribution in [0.3, 0.4) is 0 Å². The van der Waals surface area contributed by atoms with Crippen molar-refractivity contribution in [2.45, 2.75) is 13.3 Å². The molecule has 0 atom stereocenters. The third-order valence-electron chi connectivity index (χ3n) is 4.03. The van der Waals surface area contributed by atoms with Crippen molar-refractivity contribution in [3.05, 3.63) is 59.5 Å². The molecule has 0 saturated carbocycles. The summed E-state index contributed by atoms with van der Waals surface area (Å²) in [5.74, 6) is 0.585. The normalized spacial score (nSPS) is 10.3. The van der Waals surface area contributed by atoms with E-state index in [4.69, 9.17) is 14.2 Å². The summed E-state index contributed by atoms with van der Waals surface area (Å²) >= 11 is 1.24. The number of benzene rings is 2. The smallest absolute Gasteiger partial charge is 0.310 e. The molecule has 1 amide bonds. The molecule has 0 aliphatic rings. The molecule has 0 fully saturated rings. The van der Waals surface area contributed by atoms with Crippen LogP contribution >= 0.6 is 11.3 Å². The number of thiazole rings is 1. The number of nitrogens with one attached hydrogen (secondary N) is 1. The monoisotopic (exact) mass is 426 g/mol. The summed E-state index contributed by atoms with van der Waals surface area (Å²) < 4.78 is 15.7. The zero-order valence-corrected chi connectivity index (χ0v) is 17.5. The first-order chi connectivity index (χ1) is 14.6. The Balaban J connectivity index is 1.66. The summed E-state index contributed by atoms with van der Waals surface area (Å²) in [6, 6.07) is 16.5. The molecule has 0 aliphatic heterocycles. The van der Waals surface area contributed by atoms with Crippen molar-refractivity contribution in [3.63, 3.8) is 0 Å². The molecule has 1 N–H and O–H groups in total. The zero-order valence-electron chi connectivity index (χ0n) is 16.7. The lowest BCUT2D eigenvalue weighted by atomic mass is 10.1. The van der Waals surface area contributed by atoms with Crippen LogP contribution in [0.5, 0.6) is 11.5 Å². The molecule has 156 valence electrons. The number of amides is 1. The lowest BCUT2D eigenvalue weighted by molar-refractivity contribution is -0.139. The number of ether oxygens (including phenoxy) is 3. The summed E-state index contributed by atoms with van der Waals surface area (Å²) in [6.45, 7) is 2.33. The molecule has 0 unspecified atom stereocenters. The first-order valence-corrected chi connectivity index (χ1v) is 10.2. The van der Waals surface area contributed by atoms with Gasteiger partial charge in [0, 0.05) is 10.4 Å². The van der Waals surface area contributed by atoms with Crippen LogP contribution in [0.15, 0.2) is 54.6 Å². The van der Waals surface area contributed by atoms with Crippen LogP contribution in [0.4, 0.5) is 5.13 Å². The van der Waals surface area contributed by atoms with Gasteiger partial charge in [-0.1, -0.05) is 30.3 Å². The lowest BCUT2D eigenvalue weighted by Gasteiger charge is -2.07. The van der Waals surface area contributed by atoms with Gasteiger partial charge in [-0.2, -0.15) is 0 Å². The fourth-order valence-electron chi connectivity index (χ4n) is 2.65. The minimum atomic E-state index is -0.368. The summed E-state index contributed by atoms with van der Waals surface area (Å²) in [7, 11) is 1.34. The second-order valence-corrected chi connectivity index (χ2v) is 7.23. The quantitative estimate of drug-likeness (QED) is 0.522. The Morgan fingerprint density at radius 2 is 1.67 bits per heavy atom. The van der Waals surface area contributed by atoms with Crippen LogP contribution in [0.1, 0.15) is 11.8 Å². The van der Waals surface area contributed by atoms with Crippen LogP contribution < -0.4 is 14.8 Å². The van der Waals surface area contributed by atoms with Gasteiger partial charge >= 0.3 is 5.97 Å². The molecule has 1 heterocycles. The number of aromatic nitrogens is 1. The standard InChI is InChI=1S/C22H22N2O5S/c1-3-28-16-9-11-17(12-10-16)29-14-19(25)23-22-24-21(15-7-5-4-6-8-15)18(30-22)13-20(26)27-2/h4-12H,3,13-14H2,1-2H3,(H,23,24,25). The first-order valence-electron chi connectivity index (χ1n) is 9.36. The summed E-state index contributed by atoms with van der Waals surface area (Å²) in [5, 5.41) is 3.13. The van der Waals surface area contributed by atoms with E-state index in [0.29, 0.717) is 23.2 Å². The highest BCUT2D eigenvalue weighted by molar-refractivity contribution is 7.16. The van der Waals surface area contributed by atoms with Crippen molar-refractivity contribution < 1.29 is 23.8 Å². The largest absolute Gasteiger partial charge is 0.494 e. The third kappa shape index (κ3) is 5.81. The van der Waals surface area contributed by atoms with Gasteiger partial charge in [0.05, 0.1) is 25.8 Å². The van der Waals surface area contributed by atoms with E-state index in [1.807, 2.05) is 37.3 Å². The molecule has 8 heteroatoms. The molecule has 0 spiro atoms. The molecule has 2 aromatic carbocycles. The molecular weight excluding hydrogens is 404 g/mol. The van der Waals surface area contributed by atoms with Crippen LogP contribution in [0.25, 0.3) is 11.3 Å². The molecule has 0 radical (unpaired) electrons. The predicted octanol–water partition coefficient (Wildman–Crippen LogP) is 3.94. The van der Waals surface area contributed by atoms with Gasteiger partial charge in [0.2, 0.25) is 0 Å². The number of rotatable bonds is 9. The van der Waals surface area contributed by atoms with E-state index < -0.39 is 0 Å². The van der Waals surface area contributed by atoms with E-state index in [1.54, 1.807) is 24.3 Å². The van der Waals surface area contributed by atoms with Crippen LogP contribution in [-0.2, 0) is 20.7 Å². The molecule has 0 bridgehead atoms. The van der Waals surface area contributed by atoms with Crippen molar-refractivity contribution in [2.75, 3.05) is 25.6 Å². The average molecular weight is 426 g/mol. The maximum atomic E-state index is 12.3. The van der Waals surface area contributed by atoms with Gasteiger partial charge in [-0.05, 0) is 31.2 Å². The van der Waals surface area contributed by atoms with Crippen molar-refractivity contribution >= 4 is 28.3 Å². The second kappa shape index (κ2) is 10.4. The number of hydrogen-bond acceptors (Lipinski definition) is 7. The molecule has 30 heavy (non-hydrogen) atoms. The van der Waals surface area contributed by atoms with Gasteiger partial charge in [-0.25, -0.2) is 4.98 Å². The Labute approximate surface area is 178 Å². The molecule has 3 rings (SSSR count). The van der Waals surface area contributed by atoms with Crippen molar-refractivity contribution in [3.8, 4) is 22.8 Å². The highest BCUT2D eigenvalue weighted by atomic mass is 32.1. The number of esters is 1. The maximum absolute atomic E-state index is 12.3. The van der Waals surface area contributed by atoms with E-state index in [2.05, 4.69) is 10.3 Å². The van der Waals surface area contributed by atoms with Crippen molar-refractivity contribution in [1.29, 1.82) is 0 Å². The molecular formula is C22H22N2O5S. The van der Waals surface area contributed by atoms with E-state index >= 15 is 0 Å². The fourth-order valence-corrected chi connectivity index (χ4v) is 3.64. The van der Waals surface area contributed by atoms with Crippen LogP contribution in [-0.4, -0.2) is 37.2 Å². The average Bonchev–Trinajstić information content (AvgIpc) is 3.15. The van der Waals surface area contributed by atoms with Gasteiger partial charge < -0.3 is 14.2 Å². The number of anilines is 1.